The molecular weight excluding hydrogens is 313 g/mol. The molecule has 9 heteroatoms. The average molecular weight is 330 g/mol. The molecule has 2 heterocycles. The van der Waals surface area contributed by atoms with Crippen molar-refractivity contribution in [2.45, 2.75) is 38.8 Å². The van der Waals surface area contributed by atoms with Crippen LogP contribution in [0.15, 0.2) is 6.07 Å². The van der Waals surface area contributed by atoms with Crippen molar-refractivity contribution in [3.63, 3.8) is 0 Å². The number of carboxylic acid groups (broad SMARTS) is 1. The van der Waals surface area contributed by atoms with Crippen LogP contribution in [0.3, 0.4) is 0 Å². The molecule has 0 aliphatic heterocycles. The van der Waals surface area contributed by atoms with E-state index in [1.807, 2.05) is 0 Å². The Morgan fingerprint density at radius 2 is 2.04 bits per heavy atom. The molecule has 23 heavy (non-hydrogen) atoms. The van der Waals surface area contributed by atoms with Crippen LogP contribution in [0.5, 0.6) is 0 Å². The fourth-order valence-electron chi connectivity index (χ4n) is 2.19. The van der Waals surface area contributed by atoms with Gasteiger partial charge in [-0.3, -0.25) is 4.79 Å². The lowest BCUT2D eigenvalue weighted by Crippen LogP contribution is -2.14. The lowest BCUT2D eigenvalue weighted by molar-refractivity contribution is -0.144. The van der Waals surface area contributed by atoms with Crippen molar-refractivity contribution in [1.82, 2.24) is 15.0 Å². The third-order valence-corrected chi connectivity index (χ3v) is 3.24. The zero-order valence-electron chi connectivity index (χ0n) is 12.5. The van der Waals surface area contributed by atoms with E-state index in [4.69, 9.17) is 5.11 Å². The van der Waals surface area contributed by atoms with E-state index in [-0.39, 0.29) is 17.9 Å². The van der Waals surface area contributed by atoms with Gasteiger partial charge in [0.2, 0.25) is 5.82 Å². The van der Waals surface area contributed by atoms with Crippen molar-refractivity contribution in [2.24, 2.45) is 0 Å². The number of carbonyl (C=O) groups is 1. The number of alkyl halides is 3. The Bertz CT molecular complexity index is 697. The number of aliphatic carboxylic acids is 1. The molecule has 0 aliphatic carbocycles. The molecule has 0 aliphatic rings. The molecule has 2 rings (SSSR count). The molecule has 0 amide bonds. The molecule has 126 valence electrons. The summed E-state index contributed by atoms with van der Waals surface area (Å²) in [5, 5.41) is 11.9. The summed E-state index contributed by atoms with van der Waals surface area (Å²) in [6.45, 7) is 2.14. The van der Waals surface area contributed by atoms with E-state index in [1.165, 1.54) is 0 Å². The first kappa shape index (κ1) is 17.0. The van der Waals surface area contributed by atoms with Crippen molar-refractivity contribution in [1.29, 1.82) is 0 Å². The predicted molar refractivity (Wildman–Crippen MR) is 78.2 cm³/mol. The third-order valence-electron chi connectivity index (χ3n) is 3.24. The number of halogens is 3. The summed E-state index contributed by atoms with van der Waals surface area (Å²) in [6.07, 6.45) is -2.68. The van der Waals surface area contributed by atoms with E-state index in [2.05, 4.69) is 20.3 Å². The first-order valence-corrected chi connectivity index (χ1v) is 7.17. The lowest BCUT2D eigenvalue weighted by Gasteiger charge is -2.10. The highest BCUT2D eigenvalue weighted by Crippen LogP contribution is 2.30. The van der Waals surface area contributed by atoms with Gasteiger partial charge in [-0.15, -0.1) is 0 Å². The Kier molecular flexibility index (Phi) is 5.07. The molecule has 0 spiro atoms. The molecule has 0 saturated carbocycles. The monoisotopic (exact) mass is 330 g/mol. The molecule has 0 saturated heterocycles. The van der Waals surface area contributed by atoms with Gasteiger partial charge in [0.05, 0.1) is 5.39 Å². The highest BCUT2D eigenvalue weighted by Gasteiger charge is 2.35. The molecule has 3 N–H and O–H groups in total. The maximum absolute atomic E-state index is 12.8. The van der Waals surface area contributed by atoms with Crippen LogP contribution in [0.1, 0.15) is 37.2 Å². The zero-order chi connectivity index (χ0) is 17.0. The summed E-state index contributed by atoms with van der Waals surface area (Å²) < 4.78 is 38.5. The maximum atomic E-state index is 12.8. The average Bonchev–Trinajstić information content (AvgIpc) is 2.81. The first-order valence-electron chi connectivity index (χ1n) is 7.17. The fraction of sp³-hybridized carbons (Fsp3) is 0.500. The number of aromatic amines is 1. The van der Waals surface area contributed by atoms with E-state index < -0.39 is 18.0 Å². The van der Waals surface area contributed by atoms with E-state index >= 15 is 0 Å². The smallest absolute Gasteiger partial charge is 0.451 e. The molecule has 2 aromatic rings. The highest BCUT2D eigenvalue weighted by molar-refractivity contribution is 5.87. The molecule has 0 bridgehead atoms. The number of aromatic nitrogens is 3. The molecule has 0 radical (unpaired) electrons. The number of aryl methyl sites for hydroxylation is 1. The summed E-state index contributed by atoms with van der Waals surface area (Å²) in [6, 6.07) is 1.68. The van der Waals surface area contributed by atoms with Gasteiger partial charge in [0.25, 0.3) is 0 Å². The molecule has 0 aromatic carbocycles. The number of H-pyrrole nitrogens is 1. The number of carboxylic acids is 1. The Labute approximate surface area is 130 Å². The molecule has 0 fully saturated rings. The lowest BCUT2D eigenvalue weighted by atomic mass is 10.2. The summed E-state index contributed by atoms with van der Waals surface area (Å²) in [4.78, 5) is 20.2. The Morgan fingerprint density at radius 3 is 2.70 bits per heavy atom. The van der Waals surface area contributed by atoms with Crippen molar-refractivity contribution >= 4 is 22.8 Å². The Balaban J connectivity index is 2.07. The van der Waals surface area contributed by atoms with Crippen LogP contribution in [-0.4, -0.2) is 32.6 Å². The second-order valence-electron chi connectivity index (χ2n) is 5.24. The SMILES string of the molecule is Cc1cc2c(NCCCCCC(=O)O)nc(C(F)(F)F)nc2[nH]1. The number of fused-ring (bicyclic) bond motifs is 1. The summed E-state index contributed by atoms with van der Waals surface area (Å²) in [5.74, 6) is -1.92. The van der Waals surface area contributed by atoms with Gasteiger partial charge in [-0.25, -0.2) is 9.97 Å². The fourth-order valence-corrected chi connectivity index (χ4v) is 2.19. The Hall–Kier alpha value is -2.32. The van der Waals surface area contributed by atoms with Gasteiger partial charge in [-0.1, -0.05) is 6.42 Å². The maximum Gasteiger partial charge on any atom is 0.451 e. The van der Waals surface area contributed by atoms with E-state index in [1.54, 1.807) is 13.0 Å². The highest BCUT2D eigenvalue weighted by atomic mass is 19.4. The number of nitrogens with one attached hydrogen (secondary N) is 2. The minimum Gasteiger partial charge on any atom is -0.481 e. The van der Waals surface area contributed by atoms with E-state index in [0.717, 1.165) is 0 Å². The van der Waals surface area contributed by atoms with Crippen LogP contribution in [0.2, 0.25) is 0 Å². The number of hydrogen-bond acceptors (Lipinski definition) is 4. The molecule has 2 aromatic heterocycles. The predicted octanol–water partition coefficient (Wildman–Crippen LogP) is 3.34. The van der Waals surface area contributed by atoms with Crippen LogP contribution < -0.4 is 5.32 Å². The van der Waals surface area contributed by atoms with Gasteiger partial charge in [0.15, 0.2) is 0 Å². The second-order valence-corrected chi connectivity index (χ2v) is 5.24. The van der Waals surface area contributed by atoms with Crippen LogP contribution in [-0.2, 0) is 11.0 Å². The van der Waals surface area contributed by atoms with Crippen LogP contribution in [0.25, 0.3) is 11.0 Å². The quantitative estimate of drug-likeness (QED) is 0.677. The second kappa shape index (κ2) is 6.84. The summed E-state index contributed by atoms with van der Waals surface area (Å²) in [7, 11) is 0. The van der Waals surface area contributed by atoms with E-state index in [0.29, 0.717) is 36.9 Å². The largest absolute Gasteiger partial charge is 0.481 e. The van der Waals surface area contributed by atoms with Gasteiger partial charge in [-0.05, 0) is 25.8 Å². The summed E-state index contributed by atoms with van der Waals surface area (Å²) in [5.41, 5.74) is 0.830. The topological polar surface area (TPSA) is 90.9 Å². The van der Waals surface area contributed by atoms with Gasteiger partial charge in [0, 0.05) is 18.7 Å². The molecule has 0 unspecified atom stereocenters. The first-order chi connectivity index (χ1) is 10.8. The minimum absolute atomic E-state index is 0.0903. The number of rotatable bonds is 7. The van der Waals surface area contributed by atoms with Gasteiger partial charge < -0.3 is 15.4 Å². The van der Waals surface area contributed by atoms with Crippen molar-refractivity contribution in [3.8, 4) is 0 Å². The Morgan fingerprint density at radius 1 is 1.30 bits per heavy atom. The standard InChI is InChI=1S/C14H17F3N4O2/c1-8-7-9-11(18-6-4-2-3-5-10(22)23)20-13(14(15,16)17)21-12(9)19-8/h7H,2-6H2,1H3,(H,22,23)(H2,18,19,20,21). The van der Waals surface area contributed by atoms with Crippen LogP contribution in [0.4, 0.5) is 19.0 Å². The minimum atomic E-state index is -4.62. The number of anilines is 1. The normalized spacial score (nSPS) is 11.8. The number of nitrogens with zero attached hydrogens (tertiary/aromatic N) is 2. The third kappa shape index (κ3) is 4.57. The van der Waals surface area contributed by atoms with Crippen molar-refractivity contribution in [2.75, 3.05) is 11.9 Å². The molecular formula is C14H17F3N4O2. The van der Waals surface area contributed by atoms with Crippen molar-refractivity contribution < 1.29 is 23.1 Å². The molecule has 6 nitrogen and oxygen atoms in total. The van der Waals surface area contributed by atoms with Gasteiger partial charge in [-0.2, -0.15) is 13.2 Å². The van der Waals surface area contributed by atoms with E-state index in [9.17, 15) is 18.0 Å². The van der Waals surface area contributed by atoms with Gasteiger partial charge in [0.1, 0.15) is 11.5 Å². The summed E-state index contributed by atoms with van der Waals surface area (Å²) >= 11 is 0. The number of unbranched alkanes of at least 4 members (excludes halogenated alkanes) is 2. The molecule has 0 atom stereocenters. The van der Waals surface area contributed by atoms with Crippen LogP contribution >= 0.6 is 0 Å². The van der Waals surface area contributed by atoms with Crippen molar-refractivity contribution in [3.05, 3.63) is 17.6 Å². The zero-order valence-corrected chi connectivity index (χ0v) is 12.5. The van der Waals surface area contributed by atoms with Crippen LogP contribution in [0, 0.1) is 6.92 Å². The number of hydrogen-bond donors (Lipinski definition) is 3. The van der Waals surface area contributed by atoms with Gasteiger partial charge >= 0.3 is 12.1 Å².